The maximum Gasteiger partial charge on any atom is 0.236 e. The van der Waals surface area contributed by atoms with Gasteiger partial charge in [0.15, 0.2) is 5.96 Å². The minimum absolute atomic E-state index is 0.211. The standard InChI is InChI=1S/C22H35N5O3/c1-19-6-3-4-7-20(19)30-15-5-8-24-22(23-2)27-11-9-25(10-12-27)18-21(28)26-13-16-29-17-14-26/h3-4,6-7H,5,8-18H2,1-2H3,(H,23,24). The highest BCUT2D eigenvalue weighted by molar-refractivity contribution is 5.80. The van der Waals surface area contributed by atoms with Gasteiger partial charge in [-0.25, -0.2) is 0 Å². The third kappa shape index (κ3) is 6.60. The second-order valence-corrected chi connectivity index (χ2v) is 7.70. The lowest BCUT2D eigenvalue weighted by molar-refractivity contribution is -0.136. The fraction of sp³-hybridized carbons (Fsp3) is 0.636. The number of guanidine groups is 1. The zero-order valence-electron chi connectivity index (χ0n) is 18.3. The molecule has 166 valence electrons. The number of hydrogen-bond donors (Lipinski definition) is 1. The van der Waals surface area contributed by atoms with E-state index in [1.165, 1.54) is 0 Å². The van der Waals surface area contributed by atoms with Crippen LogP contribution in [0.25, 0.3) is 0 Å². The maximum atomic E-state index is 12.4. The Balaban J connectivity index is 1.32. The van der Waals surface area contributed by atoms with Crippen LogP contribution in [0.4, 0.5) is 0 Å². The Morgan fingerprint density at radius 2 is 1.83 bits per heavy atom. The molecular formula is C22H35N5O3. The average molecular weight is 418 g/mol. The summed E-state index contributed by atoms with van der Waals surface area (Å²) in [6.07, 6.45) is 0.904. The van der Waals surface area contributed by atoms with Crippen molar-refractivity contribution < 1.29 is 14.3 Å². The third-order valence-electron chi connectivity index (χ3n) is 5.56. The molecule has 2 fully saturated rings. The first kappa shape index (κ1) is 22.4. The van der Waals surface area contributed by atoms with Crippen LogP contribution in [-0.2, 0) is 9.53 Å². The van der Waals surface area contributed by atoms with Crippen molar-refractivity contribution in [2.75, 3.05) is 79.2 Å². The third-order valence-corrected chi connectivity index (χ3v) is 5.56. The van der Waals surface area contributed by atoms with E-state index in [9.17, 15) is 4.79 Å². The number of aliphatic imine (C=N–C) groups is 1. The second kappa shape index (κ2) is 11.8. The summed E-state index contributed by atoms with van der Waals surface area (Å²) in [4.78, 5) is 23.3. The molecule has 0 aliphatic carbocycles. The van der Waals surface area contributed by atoms with Crippen LogP contribution in [-0.4, -0.2) is 106 Å². The molecule has 1 N–H and O–H groups in total. The fourth-order valence-corrected chi connectivity index (χ4v) is 3.73. The Morgan fingerprint density at radius 1 is 1.10 bits per heavy atom. The zero-order chi connectivity index (χ0) is 21.2. The van der Waals surface area contributed by atoms with Gasteiger partial charge in [0.05, 0.1) is 26.4 Å². The van der Waals surface area contributed by atoms with Gasteiger partial charge in [-0.1, -0.05) is 18.2 Å². The van der Waals surface area contributed by atoms with E-state index in [0.29, 0.717) is 39.5 Å². The Kier molecular flexibility index (Phi) is 8.77. The number of morpholine rings is 1. The number of carbonyl (C=O) groups excluding carboxylic acids is 1. The van der Waals surface area contributed by atoms with Crippen LogP contribution in [0.1, 0.15) is 12.0 Å². The summed E-state index contributed by atoms with van der Waals surface area (Å²) >= 11 is 0. The van der Waals surface area contributed by atoms with Crippen LogP contribution in [0, 0.1) is 6.92 Å². The van der Waals surface area contributed by atoms with Gasteiger partial charge in [0.2, 0.25) is 5.91 Å². The molecular weight excluding hydrogens is 382 g/mol. The van der Waals surface area contributed by atoms with E-state index in [-0.39, 0.29) is 5.91 Å². The molecule has 0 atom stereocenters. The highest BCUT2D eigenvalue weighted by atomic mass is 16.5. The van der Waals surface area contributed by atoms with Crippen LogP contribution in [0.15, 0.2) is 29.3 Å². The summed E-state index contributed by atoms with van der Waals surface area (Å²) in [5, 5.41) is 3.44. The van der Waals surface area contributed by atoms with Gasteiger partial charge in [0.25, 0.3) is 0 Å². The average Bonchev–Trinajstić information content (AvgIpc) is 2.79. The molecule has 0 radical (unpaired) electrons. The molecule has 2 aliphatic heterocycles. The summed E-state index contributed by atoms with van der Waals surface area (Å²) < 4.78 is 11.2. The highest BCUT2D eigenvalue weighted by Gasteiger charge is 2.24. The van der Waals surface area contributed by atoms with E-state index in [2.05, 4.69) is 33.1 Å². The van der Waals surface area contributed by atoms with E-state index in [1.807, 2.05) is 30.1 Å². The van der Waals surface area contributed by atoms with E-state index in [4.69, 9.17) is 9.47 Å². The first-order valence-corrected chi connectivity index (χ1v) is 10.9. The summed E-state index contributed by atoms with van der Waals surface area (Å²) in [6, 6.07) is 8.08. The van der Waals surface area contributed by atoms with Gasteiger partial charge >= 0.3 is 0 Å². The van der Waals surface area contributed by atoms with Gasteiger partial charge < -0.3 is 24.6 Å². The maximum absolute atomic E-state index is 12.4. The number of piperazine rings is 1. The fourth-order valence-electron chi connectivity index (χ4n) is 3.73. The molecule has 2 saturated heterocycles. The number of benzene rings is 1. The number of carbonyl (C=O) groups is 1. The number of para-hydroxylation sites is 1. The van der Waals surface area contributed by atoms with Crippen molar-refractivity contribution in [2.45, 2.75) is 13.3 Å². The zero-order valence-corrected chi connectivity index (χ0v) is 18.3. The molecule has 8 heteroatoms. The highest BCUT2D eigenvalue weighted by Crippen LogP contribution is 2.16. The van der Waals surface area contributed by atoms with Gasteiger partial charge in [-0.15, -0.1) is 0 Å². The van der Waals surface area contributed by atoms with Crippen molar-refractivity contribution in [1.29, 1.82) is 0 Å². The molecule has 0 aromatic heterocycles. The van der Waals surface area contributed by atoms with Crippen LogP contribution in [0.3, 0.4) is 0 Å². The molecule has 30 heavy (non-hydrogen) atoms. The number of nitrogens with one attached hydrogen (secondary N) is 1. The van der Waals surface area contributed by atoms with E-state index in [1.54, 1.807) is 0 Å². The molecule has 2 heterocycles. The first-order chi connectivity index (χ1) is 14.7. The van der Waals surface area contributed by atoms with Crippen molar-refractivity contribution in [2.24, 2.45) is 4.99 Å². The number of ether oxygens (including phenoxy) is 2. The topological polar surface area (TPSA) is 69.6 Å². The predicted octanol–water partition coefficient (Wildman–Crippen LogP) is 0.816. The van der Waals surface area contributed by atoms with E-state index < -0.39 is 0 Å². The number of aryl methyl sites for hydroxylation is 1. The van der Waals surface area contributed by atoms with Crippen LogP contribution < -0.4 is 10.1 Å². The van der Waals surface area contributed by atoms with Gasteiger partial charge in [-0.3, -0.25) is 14.7 Å². The quantitative estimate of drug-likeness (QED) is 0.402. The number of hydrogen-bond acceptors (Lipinski definition) is 5. The summed E-state index contributed by atoms with van der Waals surface area (Å²) in [5.41, 5.74) is 1.16. The minimum Gasteiger partial charge on any atom is -0.493 e. The lowest BCUT2D eigenvalue weighted by Gasteiger charge is -2.37. The van der Waals surface area contributed by atoms with Crippen LogP contribution >= 0.6 is 0 Å². The lowest BCUT2D eigenvalue weighted by Crippen LogP contribution is -2.55. The molecule has 0 unspecified atom stereocenters. The molecule has 3 rings (SSSR count). The molecule has 1 aromatic carbocycles. The van der Waals surface area contributed by atoms with Crippen LogP contribution in [0.2, 0.25) is 0 Å². The molecule has 0 spiro atoms. The molecule has 0 bridgehead atoms. The SMILES string of the molecule is CN=C(NCCCOc1ccccc1C)N1CCN(CC(=O)N2CCOCC2)CC1. The molecule has 0 saturated carbocycles. The van der Waals surface area contributed by atoms with Gasteiger partial charge in [-0.05, 0) is 25.0 Å². The Labute approximate surface area is 179 Å². The van der Waals surface area contributed by atoms with Gasteiger partial charge in [0, 0.05) is 52.9 Å². The first-order valence-electron chi connectivity index (χ1n) is 10.9. The molecule has 1 amide bonds. The molecule has 1 aromatic rings. The summed E-state index contributed by atoms with van der Waals surface area (Å²) in [7, 11) is 1.82. The van der Waals surface area contributed by atoms with Gasteiger partial charge in [-0.2, -0.15) is 0 Å². The Bertz CT molecular complexity index is 698. The molecule has 2 aliphatic rings. The Morgan fingerprint density at radius 3 is 2.53 bits per heavy atom. The second-order valence-electron chi connectivity index (χ2n) is 7.70. The van der Waals surface area contributed by atoms with Crippen molar-refractivity contribution in [3.63, 3.8) is 0 Å². The van der Waals surface area contributed by atoms with Crippen molar-refractivity contribution in [1.82, 2.24) is 20.0 Å². The van der Waals surface area contributed by atoms with Crippen molar-refractivity contribution in [3.8, 4) is 5.75 Å². The lowest BCUT2D eigenvalue weighted by atomic mass is 10.2. The Hall–Kier alpha value is -2.32. The summed E-state index contributed by atoms with van der Waals surface area (Å²) in [6.45, 7) is 10.2. The van der Waals surface area contributed by atoms with E-state index >= 15 is 0 Å². The van der Waals surface area contributed by atoms with E-state index in [0.717, 1.165) is 56.4 Å². The smallest absolute Gasteiger partial charge is 0.236 e. The number of nitrogens with zero attached hydrogens (tertiary/aromatic N) is 4. The number of amides is 1. The summed E-state index contributed by atoms with van der Waals surface area (Å²) in [5.74, 6) is 2.08. The minimum atomic E-state index is 0.211. The largest absolute Gasteiger partial charge is 0.493 e. The normalized spacial score (nSPS) is 18.4. The number of rotatable bonds is 7. The monoisotopic (exact) mass is 417 g/mol. The van der Waals surface area contributed by atoms with Crippen molar-refractivity contribution >= 4 is 11.9 Å². The predicted molar refractivity (Wildman–Crippen MR) is 118 cm³/mol. The van der Waals surface area contributed by atoms with Crippen LogP contribution in [0.5, 0.6) is 5.75 Å². The van der Waals surface area contributed by atoms with Gasteiger partial charge in [0.1, 0.15) is 5.75 Å². The molecule has 8 nitrogen and oxygen atoms in total. The van der Waals surface area contributed by atoms with Crippen molar-refractivity contribution in [3.05, 3.63) is 29.8 Å².